The zero-order chi connectivity index (χ0) is 14.8. The number of rotatable bonds is 3. The predicted molar refractivity (Wildman–Crippen MR) is 82.2 cm³/mol. The number of nitrogens with one attached hydrogen (secondary N) is 1. The van der Waals surface area contributed by atoms with Gasteiger partial charge < -0.3 is 5.32 Å². The van der Waals surface area contributed by atoms with E-state index in [-0.39, 0.29) is 5.82 Å². The highest BCUT2D eigenvalue weighted by atomic mass is 19.1. The number of fused-ring (bicyclic) bond motifs is 1. The molecule has 1 aromatic heterocycles. The molecule has 0 saturated carbocycles. The molecule has 112 valence electrons. The van der Waals surface area contributed by atoms with Crippen molar-refractivity contribution in [1.82, 2.24) is 15.1 Å². The van der Waals surface area contributed by atoms with E-state index in [0.29, 0.717) is 6.04 Å². The number of halogens is 1. The lowest BCUT2D eigenvalue weighted by atomic mass is 10.1. The van der Waals surface area contributed by atoms with Crippen molar-refractivity contribution in [2.45, 2.75) is 45.6 Å². The lowest BCUT2D eigenvalue weighted by molar-refractivity contribution is 0.503. The van der Waals surface area contributed by atoms with E-state index in [1.54, 1.807) is 6.07 Å². The second-order valence-corrected chi connectivity index (χ2v) is 5.75. The molecule has 2 aromatic rings. The third-order valence-electron chi connectivity index (χ3n) is 4.27. The van der Waals surface area contributed by atoms with Crippen LogP contribution in [0.15, 0.2) is 24.4 Å². The SMILES string of the molecule is CCNC1CCCCc2c1cnn2-c1ccc(F)cc1C. The molecular weight excluding hydrogens is 265 g/mol. The second-order valence-electron chi connectivity index (χ2n) is 5.75. The molecular formula is C17H22FN3. The third kappa shape index (κ3) is 2.72. The summed E-state index contributed by atoms with van der Waals surface area (Å²) in [5.41, 5.74) is 4.48. The van der Waals surface area contributed by atoms with Gasteiger partial charge in [0, 0.05) is 17.3 Å². The van der Waals surface area contributed by atoms with Crippen LogP contribution in [0.25, 0.3) is 5.69 Å². The minimum atomic E-state index is -0.194. The van der Waals surface area contributed by atoms with Gasteiger partial charge in [-0.3, -0.25) is 0 Å². The van der Waals surface area contributed by atoms with E-state index in [9.17, 15) is 4.39 Å². The van der Waals surface area contributed by atoms with Crippen LogP contribution in [0.5, 0.6) is 0 Å². The van der Waals surface area contributed by atoms with Crippen molar-refractivity contribution in [2.24, 2.45) is 0 Å². The summed E-state index contributed by atoms with van der Waals surface area (Å²) in [5.74, 6) is -0.194. The van der Waals surface area contributed by atoms with Crippen molar-refractivity contribution in [3.63, 3.8) is 0 Å². The van der Waals surface area contributed by atoms with Gasteiger partial charge in [0.2, 0.25) is 0 Å². The molecule has 0 bridgehead atoms. The Morgan fingerprint density at radius 3 is 3.00 bits per heavy atom. The van der Waals surface area contributed by atoms with Gasteiger partial charge in [-0.15, -0.1) is 0 Å². The molecule has 0 fully saturated rings. The average molecular weight is 287 g/mol. The maximum absolute atomic E-state index is 13.3. The number of aromatic nitrogens is 2. The molecule has 1 aliphatic rings. The number of hydrogen-bond donors (Lipinski definition) is 1. The molecule has 1 heterocycles. The number of aryl methyl sites for hydroxylation is 1. The fourth-order valence-corrected chi connectivity index (χ4v) is 3.25. The van der Waals surface area contributed by atoms with Gasteiger partial charge in [0.1, 0.15) is 5.82 Å². The zero-order valence-corrected chi connectivity index (χ0v) is 12.7. The van der Waals surface area contributed by atoms with Gasteiger partial charge >= 0.3 is 0 Å². The summed E-state index contributed by atoms with van der Waals surface area (Å²) in [4.78, 5) is 0. The highest BCUT2D eigenvalue weighted by molar-refractivity contribution is 5.43. The Balaban J connectivity index is 2.05. The fraction of sp³-hybridized carbons (Fsp3) is 0.471. The van der Waals surface area contributed by atoms with Crippen molar-refractivity contribution in [3.8, 4) is 5.69 Å². The van der Waals surface area contributed by atoms with Gasteiger partial charge in [-0.2, -0.15) is 5.10 Å². The Kier molecular flexibility index (Phi) is 4.06. The minimum Gasteiger partial charge on any atom is -0.310 e. The summed E-state index contributed by atoms with van der Waals surface area (Å²) < 4.78 is 15.3. The van der Waals surface area contributed by atoms with Crippen LogP contribution in [-0.4, -0.2) is 16.3 Å². The first-order valence-corrected chi connectivity index (χ1v) is 7.77. The smallest absolute Gasteiger partial charge is 0.123 e. The van der Waals surface area contributed by atoms with Gasteiger partial charge in [0.05, 0.1) is 11.9 Å². The molecule has 3 nitrogen and oxygen atoms in total. The first-order chi connectivity index (χ1) is 10.2. The highest BCUT2D eigenvalue weighted by Gasteiger charge is 2.23. The monoisotopic (exact) mass is 287 g/mol. The summed E-state index contributed by atoms with van der Waals surface area (Å²) in [6.07, 6.45) is 6.59. The van der Waals surface area contributed by atoms with Crippen LogP contribution in [0.3, 0.4) is 0 Å². The minimum absolute atomic E-state index is 0.194. The van der Waals surface area contributed by atoms with Crippen LogP contribution in [0.4, 0.5) is 4.39 Å². The van der Waals surface area contributed by atoms with Crippen LogP contribution in [-0.2, 0) is 6.42 Å². The van der Waals surface area contributed by atoms with E-state index in [2.05, 4.69) is 17.3 Å². The van der Waals surface area contributed by atoms with Crippen molar-refractivity contribution in [1.29, 1.82) is 0 Å². The molecule has 3 rings (SSSR count). The molecule has 0 saturated heterocycles. The maximum Gasteiger partial charge on any atom is 0.123 e. The maximum atomic E-state index is 13.3. The highest BCUT2D eigenvalue weighted by Crippen LogP contribution is 2.30. The molecule has 21 heavy (non-hydrogen) atoms. The van der Waals surface area contributed by atoms with Crippen molar-refractivity contribution in [2.75, 3.05) is 6.54 Å². The summed E-state index contributed by atoms with van der Waals surface area (Å²) >= 11 is 0. The summed E-state index contributed by atoms with van der Waals surface area (Å²) in [6, 6.07) is 5.30. The molecule has 4 heteroatoms. The van der Waals surface area contributed by atoms with Crippen LogP contribution in [0.1, 0.15) is 49.0 Å². The average Bonchev–Trinajstić information content (AvgIpc) is 2.76. The first kappa shape index (κ1) is 14.3. The molecule has 1 aliphatic carbocycles. The quantitative estimate of drug-likeness (QED) is 0.872. The molecule has 0 aliphatic heterocycles. The first-order valence-electron chi connectivity index (χ1n) is 7.77. The predicted octanol–water partition coefficient (Wildman–Crippen LogP) is 3.70. The lowest BCUT2D eigenvalue weighted by Gasteiger charge is -2.16. The molecule has 1 atom stereocenters. The van der Waals surface area contributed by atoms with Gasteiger partial charge in [0.15, 0.2) is 0 Å². The summed E-state index contributed by atoms with van der Waals surface area (Å²) in [5, 5.41) is 8.14. The van der Waals surface area contributed by atoms with Crippen molar-refractivity contribution in [3.05, 3.63) is 47.0 Å². The number of benzene rings is 1. The van der Waals surface area contributed by atoms with Gasteiger partial charge in [-0.25, -0.2) is 9.07 Å². The number of hydrogen-bond acceptors (Lipinski definition) is 2. The summed E-state index contributed by atoms with van der Waals surface area (Å²) in [7, 11) is 0. The van der Waals surface area contributed by atoms with Gasteiger partial charge in [-0.1, -0.05) is 13.3 Å². The molecule has 1 N–H and O–H groups in total. The molecule has 1 unspecified atom stereocenters. The van der Waals surface area contributed by atoms with E-state index in [4.69, 9.17) is 0 Å². The van der Waals surface area contributed by atoms with E-state index >= 15 is 0 Å². The lowest BCUT2D eigenvalue weighted by Crippen LogP contribution is -2.20. The molecule has 0 amide bonds. The normalized spacial score (nSPS) is 18.3. The van der Waals surface area contributed by atoms with E-state index in [1.807, 2.05) is 23.9 Å². The standard InChI is InChI=1S/C17H22FN3/c1-3-19-15-6-4-5-7-17-14(15)11-20-21(17)16-9-8-13(18)10-12(16)2/h8-11,15,19H,3-7H2,1-2H3. The fourth-order valence-electron chi connectivity index (χ4n) is 3.25. The van der Waals surface area contributed by atoms with Gasteiger partial charge in [0.25, 0.3) is 0 Å². The van der Waals surface area contributed by atoms with Crippen molar-refractivity contribution < 1.29 is 4.39 Å². The van der Waals surface area contributed by atoms with Crippen molar-refractivity contribution >= 4 is 0 Å². The largest absolute Gasteiger partial charge is 0.310 e. The van der Waals surface area contributed by atoms with E-state index < -0.39 is 0 Å². The Morgan fingerprint density at radius 1 is 1.38 bits per heavy atom. The third-order valence-corrected chi connectivity index (χ3v) is 4.27. The molecule has 0 radical (unpaired) electrons. The Hall–Kier alpha value is -1.68. The van der Waals surface area contributed by atoms with Gasteiger partial charge in [-0.05, 0) is 56.5 Å². The second kappa shape index (κ2) is 5.98. The van der Waals surface area contributed by atoms with Crippen LogP contribution >= 0.6 is 0 Å². The van der Waals surface area contributed by atoms with Crippen LogP contribution < -0.4 is 5.32 Å². The molecule has 0 spiro atoms. The number of nitrogens with zero attached hydrogens (tertiary/aromatic N) is 2. The Morgan fingerprint density at radius 2 is 2.24 bits per heavy atom. The Labute approximate surface area is 125 Å². The molecule has 1 aromatic carbocycles. The Bertz CT molecular complexity index is 633. The zero-order valence-electron chi connectivity index (χ0n) is 12.7. The van der Waals surface area contributed by atoms with Crippen LogP contribution in [0.2, 0.25) is 0 Å². The van der Waals surface area contributed by atoms with E-state index in [1.165, 1.54) is 30.2 Å². The van der Waals surface area contributed by atoms with Crippen LogP contribution in [0, 0.1) is 12.7 Å². The summed E-state index contributed by atoms with van der Waals surface area (Å²) in [6.45, 7) is 5.04. The van der Waals surface area contributed by atoms with E-state index in [0.717, 1.165) is 30.6 Å². The topological polar surface area (TPSA) is 29.9 Å².